The summed E-state index contributed by atoms with van der Waals surface area (Å²) >= 11 is 6.13. The molecule has 1 aliphatic carbocycles. The van der Waals surface area contributed by atoms with Crippen molar-refractivity contribution in [1.82, 2.24) is 25.7 Å². The van der Waals surface area contributed by atoms with E-state index in [1.807, 2.05) is 12.1 Å². The number of ether oxygens (including phenoxy) is 1. The van der Waals surface area contributed by atoms with E-state index in [-0.39, 0.29) is 36.6 Å². The fourth-order valence-electron chi connectivity index (χ4n) is 8.07. The molecule has 1 aromatic heterocycles. The average molecular weight is 781 g/mol. The molecule has 0 spiro atoms. The number of amides is 5. The van der Waals surface area contributed by atoms with Gasteiger partial charge in [-0.25, -0.2) is 0 Å². The normalized spacial score (nSPS) is 21.3. The number of carbonyl (C=O) groups is 5. The number of fused-ring (bicyclic) bond motifs is 1. The first-order valence-corrected chi connectivity index (χ1v) is 19.9. The third kappa shape index (κ3) is 8.94. The number of imide groups is 2. The molecule has 1 saturated carbocycles. The molecule has 15 heteroatoms. The Morgan fingerprint density at radius 3 is 2.39 bits per heavy atom. The van der Waals surface area contributed by atoms with Gasteiger partial charge in [0.1, 0.15) is 23.7 Å². The molecule has 3 fully saturated rings. The smallest absolute Gasteiger partial charge is 0.272 e. The maximum absolute atomic E-state index is 13.2. The molecular formula is C41H45ClN8O6. The van der Waals surface area contributed by atoms with Crippen LogP contribution >= 0.6 is 11.6 Å². The van der Waals surface area contributed by atoms with E-state index < -0.39 is 29.7 Å². The van der Waals surface area contributed by atoms with Gasteiger partial charge in [0.25, 0.3) is 17.7 Å². The highest BCUT2D eigenvalue weighted by Crippen LogP contribution is 2.33. The summed E-state index contributed by atoms with van der Waals surface area (Å²) in [4.78, 5) is 66.3. The first-order chi connectivity index (χ1) is 27.2. The van der Waals surface area contributed by atoms with Gasteiger partial charge < -0.3 is 20.3 Å². The Bertz CT molecular complexity index is 2020. The quantitative estimate of drug-likeness (QED) is 0.149. The second-order valence-electron chi connectivity index (χ2n) is 15.0. The first-order valence-electron chi connectivity index (χ1n) is 19.5. The van der Waals surface area contributed by atoms with E-state index in [4.69, 9.17) is 21.6 Å². The minimum Gasteiger partial charge on any atom is -0.490 e. The van der Waals surface area contributed by atoms with Crippen molar-refractivity contribution in [3.63, 3.8) is 0 Å². The van der Waals surface area contributed by atoms with Crippen molar-refractivity contribution in [3.8, 4) is 11.8 Å². The maximum Gasteiger partial charge on any atom is 0.272 e. The minimum atomic E-state index is -0.968. The molecule has 4 heterocycles. The summed E-state index contributed by atoms with van der Waals surface area (Å²) in [7, 11) is 0. The number of nitrogens with zero attached hydrogens (tertiary/aromatic N) is 5. The van der Waals surface area contributed by atoms with Gasteiger partial charge in [0.2, 0.25) is 11.8 Å². The van der Waals surface area contributed by atoms with E-state index in [1.54, 1.807) is 42.5 Å². The SMILES string of the molecule is N#Cc1ccc(OC2CCC(NC(=O)c3ccc(NCCCCCC4CCN(c5ccc6c(c5)C(=O)N(C5CCC(=O)NC5=O)C6=O)CC4)nn3)CC2)cc1Cl. The third-order valence-electron chi connectivity index (χ3n) is 11.3. The third-order valence-corrected chi connectivity index (χ3v) is 11.6. The van der Waals surface area contributed by atoms with Crippen LogP contribution in [0, 0.1) is 17.2 Å². The van der Waals surface area contributed by atoms with Crippen LogP contribution in [-0.2, 0) is 9.59 Å². The number of unbranched alkanes of at least 4 members (excludes halogenated alkanes) is 2. The molecule has 5 amide bonds. The second kappa shape index (κ2) is 17.5. The fraction of sp³-hybridized carbons (Fsp3) is 0.463. The topological polar surface area (TPSA) is 187 Å². The van der Waals surface area contributed by atoms with Crippen LogP contribution in [0.4, 0.5) is 11.5 Å². The Morgan fingerprint density at radius 1 is 0.893 bits per heavy atom. The molecule has 3 N–H and O–H groups in total. The van der Waals surface area contributed by atoms with Crippen molar-refractivity contribution in [1.29, 1.82) is 5.26 Å². The molecule has 1 unspecified atom stereocenters. The Labute approximate surface area is 330 Å². The number of benzene rings is 2. The summed E-state index contributed by atoms with van der Waals surface area (Å²) in [6.07, 6.45) is 9.84. The van der Waals surface area contributed by atoms with E-state index in [0.717, 1.165) is 94.4 Å². The number of nitriles is 1. The predicted octanol–water partition coefficient (Wildman–Crippen LogP) is 5.41. The van der Waals surface area contributed by atoms with Crippen LogP contribution in [0.3, 0.4) is 0 Å². The highest BCUT2D eigenvalue weighted by atomic mass is 35.5. The van der Waals surface area contributed by atoms with Crippen molar-refractivity contribution in [3.05, 3.63) is 75.9 Å². The number of nitrogens with one attached hydrogen (secondary N) is 3. The zero-order valence-electron chi connectivity index (χ0n) is 31.1. The summed E-state index contributed by atoms with van der Waals surface area (Å²) in [5.74, 6) is -0.312. The second-order valence-corrected chi connectivity index (χ2v) is 15.4. The molecule has 56 heavy (non-hydrogen) atoms. The number of hydrogen-bond acceptors (Lipinski definition) is 11. The van der Waals surface area contributed by atoms with E-state index in [0.29, 0.717) is 39.2 Å². The molecule has 3 aliphatic heterocycles. The number of piperidine rings is 2. The maximum atomic E-state index is 13.2. The Hall–Kier alpha value is -5.55. The van der Waals surface area contributed by atoms with Gasteiger partial charge in [-0.2, -0.15) is 5.26 Å². The molecule has 7 rings (SSSR count). The minimum absolute atomic E-state index is 0.0212. The summed E-state index contributed by atoms with van der Waals surface area (Å²) < 4.78 is 6.05. The lowest BCUT2D eigenvalue weighted by atomic mass is 9.91. The van der Waals surface area contributed by atoms with Crippen LogP contribution < -0.4 is 25.6 Å². The van der Waals surface area contributed by atoms with Gasteiger partial charge in [-0.15, -0.1) is 10.2 Å². The van der Waals surface area contributed by atoms with Crippen molar-refractivity contribution in [2.24, 2.45) is 5.92 Å². The number of halogens is 1. The van der Waals surface area contributed by atoms with Crippen LogP contribution in [0.15, 0.2) is 48.5 Å². The molecular weight excluding hydrogens is 736 g/mol. The first kappa shape index (κ1) is 38.7. The van der Waals surface area contributed by atoms with Gasteiger partial charge in [-0.1, -0.05) is 30.9 Å². The average Bonchev–Trinajstić information content (AvgIpc) is 3.45. The van der Waals surface area contributed by atoms with E-state index in [9.17, 15) is 24.0 Å². The number of carbonyl (C=O) groups excluding carboxylic acids is 5. The molecule has 2 saturated heterocycles. The van der Waals surface area contributed by atoms with Gasteiger partial charge in [-0.3, -0.25) is 34.2 Å². The Morgan fingerprint density at radius 2 is 1.68 bits per heavy atom. The lowest BCUT2D eigenvalue weighted by molar-refractivity contribution is -0.136. The lowest BCUT2D eigenvalue weighted by Crippen LogP contribution is -2.54. The molecule has 14 nitrogen and oxygen atoms in total. The summed E-state index contributed by atoms with van der Waals surface area (Å²) in [5.41, 5.74) is 2.20. The molecule has 2 aromatic carbocycles. The lowest BCUT2D eigenvalue weighted by Gasteiger charge is -2.34. The van der Waals surface area contributed by atoms with E-state index in [1.165, 1.54) is 0 Å². The van der Waals surface area contributed by atoms with Gasteiger partial charge >= 0.3 is 0 Å². The molecule has 292 valence electrons. The Kier molecular flexibility index (Phi) is 12.1. The van der Waals surface area contributed by atoms with Crippen LogP contribution in [-0.4, -0.2) is 82.5 Å². The van der Waals surface area contributed by atoms with Crippen molar-refractivity contribution >= 4 is 52.6 Å². The van der Waals surface area contributed by atoms with Crippen molar-refractivity contribution < 1.29 is 28.7 Å². The zero-order chi connectivity index (χ0) is 39.2. The van der Waals surface area contributed by atoms with Crippen molar-refractivity contribution in [2.45, 2.75) is 95.2 Å². The highest BCUT2D eigenvalue weighted by molar-refractivity contribution is 6.31. The molecule has 1 atom stereocenters. The van der Waals surface area contributed by atoms with Crippen LogP contribution in [0.2, 0.25) is 5.02 Å². The van der Waals surface area contributed by atoms with Crippen LogP contribution in [0.1, 0.15) is 114 Å². The largest absolute Gasteiger partial charge is 0.490 e. The number of rotatable bonds is 13. The summed E-state index contributed by atoms with van der Waals surface area (Å²) in [5, 5.41) is 26.4. The van der Waals surface area contributed by atoms with E-state index >= 15 is 0 Å². The van der Waals surface area contributed by atoms with E-state index in [2.05, 4.69) is 31.0 Å². The Balaban J connectivity index is 0.762. The van der Waals surface area contributed by atoms with Gasteiger partial charge in [-0.05, 0) is 99.7 Å². The fourth-order valence-corrected chi connectivity index (χ4v) is 8.28. The monoisotopic (exact) mass is 780 g/mol. The van der Waals surface area contributed by atoms with Crippen molar-refractivity contribution in [2.75, 3.05) is 29.9 Å². The highest BCUT2D eigenvalue weighted by Gasteiger charge is 2.44. The molecule has 4 aliphatic rings. The van der Waals surface area contributed by atoms with Gasteiger partial charge in [0.15, 0.2) is 5.69 Å². The van der Waals surface area contributed by atoms with Crippen LogP contribution in [0.25, 0.3) is 0 Å². The number of hydrogen-bond donors (Lipinski definition) is 3. The van der Waals surface area contributed by atoms with Gasteiger partial charge in [0.05, 0.1) is 27.8 Å². The summed E-state index contributed by atoms with van der Waals surface area (Å²) in [6.45, 7) is 2.49. The number of aromatic nitrogens is 2. The predicted molar refractivity (Wildman–Crippen MR) is 207 cm³/mol. The molecule has 3 aromatic rings. The zero-order valence-corrected chi connectivity index (χ0v) is 31.9. The standard InChI is InChI=1S/C41H45ClN8O6/c42-33-23-30(9-5-26(33)24-43)56-29-10-6-27(7-11-29)45-38(52)34-13-15-36(48-47-34)44-19-3-1-2-4-25-17-20-49(21-18-25)28-8-12-31-32(22-28)41(55)50(40(31)54)35-14-16-37(51)46-39(35)53/h5,8-9,12-13,15,22-23,25,27,29,35H,1-4,6-7,10-11,14,16-21H2,(H,44,48)(H,45,52)(H,46,51,53). The molecule has 0 bridgehead atoms. The molecule has 0 radical (unpaired) electrons. The van der Waals surface area contributed by atoms with Gasteiger partial charge in [0, 0.05) is 43.9 Å². The van der Waals surface area contributed by atoms with Crippen LogP contribution in [0.5, 0.6) is 5.75 Å². The summed E-state index contributed by atoms with van der Waals surface area (Å²) in [6, 6.07) is 15.0. The number of anilines is 2.